The van der Waals surface area contributed by atoms with Gasteiger partial charge in [0.2, 0.25) is 0 Å². The molecule has 1 atom stereocenters. The second-order valence-electron chi connectivity index (χ2n) is 5.75. The Labute approximate surface area is 123 Å². The van der Waals surface area contributed by atoms with E-state index in [1.807, 2.05) is 0 Å². The van der Waals surface area contributed by atoms with Crippen LogP contribution in [0.25, 0.3) is 0 Å². The van der Waals surface area contributed by atoms with Gasteiger partial charge in [0.15, 0.2) is 0 Å². The SMILES string of the molecule is CCN(CC)CCCN1Cc2c(C)cccc2C1CN. The molecular weight excluding hydrogens is 246 g/mol. The van der Waals surface area contributed by atoms with Gasteiger partial charge in [-0.15, -0.1) is 0 Å². The first-order valence-electron chi connectivity index (χ1n) is 7.96. The van der Waals surface area contributed by atoms with Crippen molar-refractivity contribution < 1.29 is 0 Å². The summed E-state index contributed by atoms with van der Waals surface area (Å²) in [7, 11) is 0. The molecule has 0 saturated carbocycles. The molecule has 20 heavy (non-hydrogen) atoms. The Morgan fingerprint density at radius 2 is 2.05 bits per heavy atom. The van der Waals surface area contributed by atoms with Gasteiger partial charge >= 0.3 is 0 Å². The van der Waals surface area contributed by atoms with Crippen molar-refractivity contribution in [2.75, 3.05) is 32.7 Å². The van der Waals surface area contributed by atoms with Crippen LogP contribution in [-0.2, 0) is 6.54 Å². The van der Waals surface area contributed by atoms with Crippen molar-refractivity contribution in [3.63, 3.8) is 0 Å². The second kappa shape index (κ2) is 7.21. The molecule has 0 aliphatic carbocycles. The highest BCUT2D eigenvalue weighted by molar-refractivity contribution is 5.40. The van der Waals surface area contributed by atoms with Crippen LogP contribution >= 0.6 is 0 Å². The molecule has 1 aliphatic rings. The molecule has 0 saturated heterocycles. The van der Waals surface area contributed by atoms with E-state index in [1.54, 1.807) is 0 Å². The molecule has 1 aromatic rings. The van der Waals surface area contributed by atoms with E-state index in [0.29, 0.717) is 6.04 Å². The lowest BCUT2D eigenvalue weighted by Crippen LogP contribution is -2.32. The van der Waals surface area contributed by atoms with Gasteiger partial charge < -0.3 is 10.6 Å². The van der Waals surface area contributed by atoms with Crippen molar-refractivity contribution in [3.05, 3.63) is 34.9 Å². The Kier molecular flexibility index (Phi) is 5.58. The van der Waals surface area contributed by atoms with Crippen LogP contribution in [0.3, 0.4) is 0 Å². The molecule has 112 valence electrons. The summed E-state index contributed by atoms with van der Waals surface area (Å²) in [5, 5.41) is 0. The standard InChI is InChI=1S/C17H29N3/c1-4-19(5-2)10-7-11-20-13-16-14(3)8-6-9-15(16)17(20)12-18/h6,8-9,17H,4-5,7,10-13,18H2,1-3H3. The molecule has 0 spiro atoms. The first kappa shape index (κ1) is 15.5. The molecular formula is C17H29N3. The highest BCUT2D eigenvalue weighted by atomic mass is 15.2. The Morgan fingerprint density at radius 3 is 2.70 bits per heavy atom. The third-order valence-corrected chi connectivity index (χ3v) is 4.64. The summed E-state index contributed by atoms with van der Waals surface area (Å²) >= 11 is 0. The third-order valence-electron chi connectivity index (χ3n) is 4.64. The van der Waals surface area contributed by atoms with Gasteiger partial charge in [-0.2, -0.15) is 0 Å². The Bertz CT molecular complexity index is 426. The van der Waals surface area contributed by atoms with Gasteiger partial charge in [-0.3, -0.25) is 4.90 Å². The number of hydrogen-bond acceptors (Lipinski definition) is 3. The van der Waals surface area contributed by atoms with Crippen LogP contribution < -0.4 is 5.73 Å². The highest BCUT2D eigenvalue weighted by Gasteiger charge is 2.29. The number of fused-ring (bicyclic) bond motifs is 1. The number of nitrogens with zero attached hydrogens (tertiary/aromatic N) is 2. The lowest BCUT2D eigenvalue weighted by Gasteiger charge is -2.25. The second-order valence-corrected chi connectivity index (χ2v) is 5.75. The number of nitrogens with two attached hydrogens (primary N) is 1. The molecule has 1 aromatic carbocycles. The zero-order valence-electron chi connectivity index (χ0n) is 13.2. The topological polar surface area (TPSA) is 32.5 Å². The van der Waals surface area contributed by atoms with Crippen molar-refractivity contribution in [2.45, 2.75) is 39.8 Å². The number of rotatable bonds is 7. The first-order chi connectivity index (χ1) is 9.71. The molecule has 0 fully saturated rings. The van der Waals surface area contributed by atoms with Crippen molar-refractivity contribution >= 4 is 0 Å². The molecule has 0 amide bonds. The highest BCUT2D eigenvalue weighted by Crippen LogP contribution is 2.34. The molecule has 3 nitrogen and oxygen atoms in total. The summed E-state index contributed by atoms with van der Waals surface area (Å²) in [5.41, 5.74) is 10.4. The maximum absolute atomic E-state index is 6.02. The fourth-order valence-corrected chi connectivity index (χ4v) is 3.31. The summed E-state index contributed by atoms with van der Waals surface area (Å²) < 4.78 is 0. The Hall–Kier alpha value is -0.900. The smallest absolute Gasteiger partial charge is 0.0477 e. The zero-order chi connectivity index (χ0) is 14.5. The fraction of sp³-hybridized carbons (Fsp3) is 0.647. The van der Waals surface area contributed by atoms with Crippen molar-refractivity contribution in [2.24, 2.45) is 5.73 Å². The Morgan fingerprint density at radius 1 is 1.30 bits per heavy atom. The summed E-state index contributed by atoms with van der Waals surface area (Å²) in [6.45, 7) is 13.1. The van der Waals surface area contributed by atoms with Crippen LogP contribution in [0.4, 0.5) is 0 Å². The van der Waals surface area contributed by atoms with Gasteiger partial charge in [0, 0.05) is 25.7 Å². The molecule has 1 aliphatic heterocycles. The van der Waals surface area contributed by atoms with Gasteiger partial charge in [0.1, 0.15) is 0 Å². The first-order valence-corrected chi connectivity index (χ1v) is 7.96. The summed E-state index contributed by atoms with van der Waals surface area (Å²) in [6, 6.07) is 7.05. The van der Waals surface area contributed by atoms with Gasteiger partial charge in [0.25, 0.3) is 0 Å². The molecule has 2 N–H and O–H groups in total. The molecule has 2 rings (SSSR count). The minimum Gasteiger partial charge on any atom is -0.329 e. The van der Waals surface area contributed by atoms with E-state index in [2.05, 4.69) is 48.8 Å². The van der Waals surface area contributed by atoms with Crippen LogP contribution in [-0.4, -0.2) is 42.5 Å². The minimum absolute atomic E-state index is 0.418. The summed E-state index contributed by atoms with van der Waals surface area (Å²) in [6.07, 6.45) is 1.23. The van der Waals surface area contributed by atoms with E-state index < -0.39 is 0 Å². The van der Waals surface area contributed by atoms with Crippen molar-refractivity contribution in [3.8, 4) is 0 Å². The summed E-state index contributed by atoms with van der Waals surface area (Å²) in [4.78, 5) is 5.05. The maximum atomic E-state index is 6.02. The van der Waals surface area contributed by atoms with E-state index in [1.165, 1.54) is 29.7 Å². The lowest BCUT2D eigenvalue weighted by molar-refractivity contribution is 0.199. The van der Waals surface area contributed by atoms with E-state index in [-0.39, 0.29) is 0 Å². The van der Waals surface area contributed by atoms with Gasteiger partial charge in [-0.05, 0) is 49.7 Å². The van der Waals surface area contributed by atoms with Crippen molar-refractivity contribution in [1.29, 1.82) is 0 Å². The zero-order valence-corrected chi connectivity index (χ0v) is 13.2. The van der Waals surface area contributed by atoms with E-state index in [0.717, 1.165) is 32.7 Å². The van der Waals surface area contributed by atoms with Gasteiger partial charge in [-0.25, -0.2) is 0 Å². The van der Waals surface area contributed by atoms with Crippen LogP contribution in [0.1, 0.15) is 43.0 Å². The molecule has 3 heteroatoms. The van der Waals surface area contributed by atoms with E-state index >= 15 is 0 Å². The quantitative estimate of drug-likeness (QED) is 0.830. The van der Waals surface area contributed by atoms with Gasteiger partial charge in [-0.1, -0.05) is 32.0 Å². The monoisotopic (exact) mass is 275 g/mol. The molecule has 0 aromatic heterocycles. The lowest BCUT2D eigenvalue weighted by atomic mass is 10.0. The number of aryl methyl sites for hydroxylation is 1. The predicted molar refractivity (Wildman–Crippen MR) is 85.8 cm³/mol. The molecule has 0 bridgehead atoms. The van der Waals surface area contributed by atoms with Crippen LogP contribution in [0.15, 0.2) is 18.2 Å². The molecule has 1 unspecified atom stereocenters. The fourth-order valence-electron chi connectivity index (χ4n) is 3.31. The average molecular weight is 275 g/mol. The minimum atomic E-state index is 0.418. The largest absolute Gasteiger partial charge is 0.329 e. The van der Waals surface area contributed by atoms with E-state index in [9.17, 15) is 0 Å². The number of hydrogen-bond donors (Lipinski definition) is 1. The summed E-state index contributed by atoms with van der Waals surface area (Å²) in [5.74, 6) is 0. The number of benzene rings is 1. The van der Waals surface area contributed by atoms with Crippen molar-refractivity contribution in [1.82, 2.24) is 9.80 Å². The third kappa shape index (κ3) is 3.22. The predicted octanol–water partition coefficient (Wildman–Crippen LogP) is 2.54. The maximum Gasteiger partial charge on any atom is 0.0477 e. The molecule has 1 heterocycles. The van der Waals surface area contributed by atoms with Gasteiger partial charge in [0.05, 0.1) is 0 Å². The van der Waals surface area contributed by atoms with Crippen LogP contribution in [0.2, 0.25) is 0 Å². The molecule has 0 radical (unpaired) electrons. The normalized spacial score (nSPS) is 18.8. The van der Waals surface area contributed by atoms with E-state index in [4.69, 9.17) is 5.73 Å². The van der Waals surface area contributed by atoms with Crippen LogP contribution in [0.5, 0.6) is 0 Å². The average Bonchev–Trinajstić information content (AvgIpc) is 2.82. The Balaban J connectivity index is 1.96. The van der Waals surface area contributed by atoms with Crippen LogP contribution in [0, 0.1) is 6.92 Å².